The van der Waals surface area contributed by atoms with E-state index in [1.807, 2.05) is 0 Å². The smallest absolute Gasteiger partial charge is 0.265 e. The minimum Gasteiger partial charge on any atom is -0.397 e. The van der Waals surface area contributed by atoms with Crippen LogP contribution in [0, 0.1) is 18.3 Å². The predicted molar refractivity (Wildman–Crippen MR) is 47.7 cm³/mol. The first-order valence-electron chi connectivity index (χ1n) is 3.96. The van der Waals surface area contributed by atoms with Crippen LogP contribution in [0.2, 0.25) is 0 Å². The number of aryl methyl sites for hydroxylation is 1. The Hall–Kier alpha value is -1.70. The van der Waals surface area contributed by atoms with Crippen molar-refractivity contribution in [1.29, 1.82) is 5.26 Å². The van der Waals surface area contributed by atoms with E-state index in [2.05, 4.69) is 4.98 Å². The zero-order chi connectivity index (χ0) is 10.7. The summed E-state index contributed by atoms with van der Waals surface area (Å²) in [4.78, 5) is 3.73. The third-order valence-electron chi connectivity index (χ3n) is 1.93. The van der Waals surface area contributed by atoms with Gasteiger partial charge in [-0.25, -0.2) is 8.78 Å². The van der Waals surface area contributed by atoms with E-state index in [1.165, 1.54) is 13.1 Å². The van der Waals surface area contributed by atoms with Crippen LogP contribution in [0.4, 0.5) is 14.5 Å². The molecule has 0 spiro atoms. The lowest BCUT2D eigenvalue weighted by Gasteiger charge is -2.10. The molecule has 0 aliphatic carbocycles. The number of pyridine rings is 1. The normalized spacial score (nSPS) is 10.2. The molecule has 0 saturated heterocycles. The van der Waals surface area contributed by atoms with Crippen LogP contribution in [0.1, 0.15) is 23.2 Å². The lowest BCUT2D eigenvalue weighted by Crippen LogP contribution is -2.04. The maximum absolute atomic E-state index is 12.6. The van der Waals surface area contributed by atoms with Gasteiger partial charge in [0.2, 0.25) is 0 Å². The highest BCUT2D eigenvalue weighted by molar-refractivity contribution is 5.52. The third-order valence-corrected chi connectivity index (χ3v) is 1.93. The molecular formula is C9H9F2N3. The number of hydrogen-bond donors (Lipinski definition) is 1. The summed E-state index contributed by atoms with van der Waals surface area (Å²) in [5, 5.41) is 8.47. The van der Waals surface area contributed by atoms with Crippen molar-refractivity contribution in [2.45, 2.75) is 19.8 Å². The monoisotopic (exact) mass is 197 g/mol. The fourth-order valence-electron chi connectivity index (χ4n) is 1.25. The highest BCUT2D eigenvalue weighted by Crippen LogP contribution is 2.28. The minimum atomic E-state index is -2.64. The Bertz CT molecular complexity index is 382. The molecule has 0 amide bonds. The number of halogens is 2. The number of nitrogen functional groups attached to an aromatic ring is 1. The zero-order valence-corrected chi connectivity index (χ0v) is 7.59. The van der Waals surface area contributed by atoms with Gasteiger partial charge in [0, 0.05) is 16.8 Å². The van der Waals surface area contributed by atoms with Gasteiger partial charge >= 0.3 is 0 Å². The molecule has 0 atom stereocenters. The molecule has 1 heterocycles. The molecule has 74 valence electrons. The average molecular weight is 197 g/mol. The molecule has 0 fully saturated rings. The Morgan fingerprint density at radius 3 is 2.79 bits per heavy atom. The van der Waals surface area contributed by atoms with Crippen molar-refractivity contribution in [3.05, 3.63) is 23.0 Å². The number of nitrogens with zero attached hydrogens (tertiary/aromatic N) is 2. The second-order valence-corrected chi connectivity index (χ2v) is 2.83. The average Bonchev–Trinajstić information content (AvgIpc) is 2.11. The number of rotatable bonds is 2. The van der Waals surface area contributed by atoms with E-state index in [1.54, 1.807) is 6.07 Å². The van der Waals surface area contributed by atoms with Gasteiger partial charge in [-0.05, 0) is 6.92 Å². The molecule has 0 radical (unpaired) electrons. The first-order chi connectivity index (χ1) is 6.57. The zero-order valence-electron chi connectivity index (χ0n) is 7.59. The molecular weight excluding hydrogens is 188 g/mol. The van der Waals surface area contributed by atoms with Crippen LogP contribution in [0.3, 0.4) is 0 Å². The van der Waals surface area contributed by atoms with Crippen LogP contribution in [0.15, 0.2) is 6.20 Å². The van der Waals surface area contributed by atoms with Crippen molar-refractivity contribution in [2.75, 3.05) is 5.73 Å². The van der Waals surface area contributed by atoms with Gasteiger partial charge in [0.05, 0.1) is 24.4 Å². The van der Waals surface area contributed by atoms with Crippen LogP contribution in [0.5, 0.6) is 0 Å². The Morgan fingerprint density at radius 2 is 2.29 bits per heavy atom. The maximum Gasteiger partial charge on any atom is 0.265 e. The van der Waals surface area contributed by atoms with Gasteiger partial charge in [-0.2, -0.15) is 5.26 Å². The van der Waals surface area contributed by atoms with Gasteiger partial charge < -0.3 is 5.73 Å². The van der Waals surface area contributed by atoms with Gasteiger partial charge in [-0.15, -0.1) is 0 Å². The fourth-order valence-corrected chi connectivity index (χ4v) is 1.25. The van der Waals surface area contributed by atoms with Gasteiger partial charge in [-0.3, -0.25) is 4.98 Å². The quantitative estimate of drug-likeness (QED) is 0.788. The second-order valence-electron chi connectivity index (χ2n) is 2.83. The molecule has 2 N–H and O–H groups in total. The lowest BCUT2D eigenvalue weighted by molar-refractivity contribution is 0.149. The van der Waals surface area contributed by atoms with E-state index in [-0.39, 0.29) is 28.9 Å². The van der Waals surface area contributed by atoms with Crippen molar-refractivity contribution in [3.63, 3.8) is 0 Å². The number of anilines is 1. The predicted octanol–water partition coefficient (Wildman–Crippen LogP) is 1.98. The molecule has 0 aliphatic heterocycles. The standard InChI is InChI=1S/C9H9F2N3/c1-5-8(9(10)11)6(2-3-12)7(13)4-14-5/h4,9H,2,13H2,1H3. The number of alkyl halides is 2. The second kappa shape index (κ2) is 4.01. The maximum atomic E-state index is 12.6. The Morgan fingerprint density at radius 1 is 1.64 bits per heavy atom. The topological polar surface area (TPSA) is 62.7 Å². The SMILES string of the molecule is Cc1ncc(N)c(CC#N)c1C(F)F. The van der Waals surface area contributed by atoms with Crippen molar-refractivity contribution in [3.8, 4) is 6.07 Å². The van der Waals surface area contributed by atoms with Crippen molar-refractivity contribution in [1.82, 2.24) is 4.98 Å². The first-order valence-corrected chi connectivity index (χ1v) is 3.96. The first kappa shape index (κ1) is 10.4. The van der Waals surface area contributed by atoms with Crippen LogP contribution in [0.25, 0.3) is 0 Å². The summed E-state index contributed by atoms with van der Waals surface area (Å²) in [6.45, 7) is 1.47. The van der Waals surface area contributed by atoms with E-state index >= 15 is 0 Å². The van der Waals surface area contributed by atoms with Gasteiger partial charge in [0.1, 0.15) is 0 Å². The number of hydrogen-bond acceptors (Lipinski definition) is 3. The Labute approximate surface area is 80.2 Å². The van der Waals surface area contributed by atoms with E-state index in [9.17, 15) is 8.78 Å². The fraction of sp³-hybridized carbons (Fsp3) is 0.333. The molecule has 3 nitrogen and oxygen atoms in total. The molecule has 0 aliphatic rings. The molecule has 0 unspecified atom stereocenters. The summed E-state index contributed by atoms with van der Waals surface area (Å²) < 4.78 is 25.2. The van der Waals surface area contributed by atoms with Gasteiger partial charge in [0.25, 0.3) is 6.43 Å². The van der Waals surface area contributed by atoms with E-state index in [0.717, 1.165) is 0 Å². The molecule has 1 aromatic heterocycles. The van der Waals surface area contributed by atoms with Crippen LogP contribution >= 0.6 is 0 Å². The molecule has 0 aromatic carbocycles. The van der Waals surface area contributed by atoms with Gasteiger partial charge in [0.15, 0.2) is 0 Å². The molecule has 0 bridgehead atoms. The number of aromatic nitrogens is 1. The van der Waals surface area contributed by atoms with Crippen molar-refractivity contribution >= 4 is 5.69 Å². The van der Waals surface area contributed by atoms with E-state index in [0.29, 0.717) is 0 Å². The molecule has 5 heteroatoms. The summed E-state index contributed by atoms with van der Waals surface area (Å²) in [6, 6.07) is 1.81. The van der Waals surface area contributed by atoms with Crippen LogP contribution in [-0.4, -0.2) is 4.98 Å². The minimum absolute atomic E-state index is 0.116. The summed E-state index contributed by atoms with van der Waals surface area (Å²) in [5.74, 6) is 0. The van der Waals surface area contributed by atoms with E-state index in [4.69, 9.17) is 11.0 Å². The van der Waals surface area contributed by atoms with Crippen LogP contribution in [-0.2, 0) is 6.42 Å². The largest absolute Gasteiger partial charge is 0.397 e. The number of nitrogens with two attached hydrogens (primary N) is 1. The van der Waals surface area contributed by atoms with Gasteiger partial charge in [-0.1, -0.05) is 0 Å². The third kappa shape index (κ3) is 1.79. The summed E-state index contributed by atoms with van der Waals surface area (Å²) in [5.41, 5.74) is 5.81. The Balaban J connectivity index is 3.35. The van der Waals surface area contributed by atoms with Crippen molar-refractivity contribution in [2.24, 2.45) is 0 Å². The highest BCUT2D eigenvalue weighted by Gasteiger charge is 2.18. The molecule has 1 rings (SSSR count). The lowest BCUT2D eigenvalue weighted by atomic mass is 10.0. The molecule has 0 saturated carbocycles. The Kier molecular flexibility index (Phi) is 2.97. The van der Waals surface area contributed by atoms with Crippen LogP contribution < -0.4 is 5.73 Å². The summed E-state index contributed by atoms with van der Waals surface area (Å²) >= 11 is 0. The number of nitriles is 1. The summed E-state index contributed by atoms with van der Waals surface area (Å²) in [7, 11) is 0. The highest BCUT2D eigenvalue weighted by atomic mass is 19.3. The molecule has 1 aromatic rings. The van der Waals surface area contributed by atoms with Crippen molar-refractivity contribution < 1.29 is 8.78 Å². The summed E-state index contributed by atoms with van der Waals surface area (Å²) in [6.07, 6.45) is -1.46. The van der Waals surface area contributed by atoms with E-state index < -0.39 is 6.43 Å². The molecule has 14 heavy (non-hydrogen) atoms.